The van der Waals surface area contributed by atoms with Gasteiger partial charge in [0.05, 0.1) is 35.1 Å². The van der Waals surface area contributed by atoms with Gasteiger partial charge >= 0.3 is 0 Å². The summed E-state index contributed by atoms with van der Waals surface area (Å²) in [7, 11) is 3.34. The molecule has 0 saturated carbocycles. The van der Waals surface area contributed by atoms with Crippen LogP contribution in [0.15, 0.2) is 36.4 Å². The lowest BCUT2D eigenvalue weighted by atomic mass is 9.94. The molecule has 2 aromatic carbocycles. The van der Waals surface area contributed by atoms with Crippen molar-refractivity contribution >= 4 is 45.4 Å². The van der Waals surface area contributed by atoms with E-state index in [1.807, 2.05) is 32.6 Å². The minimum Gasteiger partial charge on any atom is -0.388 e. The Kier molecular flexibility index (Phi) is 15.7. The molecule has 7 rings (SSSR count). The monoisotopic (exact) mass is 949 g/mol. The van der Waals surface area contributed by atoms with E-state index in [-0.39, 0.29) is 54.3 Å². The lowest BCUT2D eigenvalue weighted by Crippen LogP contribution is -2.55. The van der Waals surface area contributed by atoms with E-state index in [1.54, 1.807) is 56.5 Å². The van der Waals surface area contributed by atoms with Gasteiger partial charge in [0.1, 0.15) is 42.0 Å². The largest absolute Gasteiger partial charge is 0.388 e. The molecule has 0 radical (unpaired) electrons. The molecule has 3 aliphatic heterocycles. The Morgan fingerprint density at radius 2 is 1.22 bits per heavy atom. The number of hydrogen-bond acceptors (Lipinski definition) is 10. The Balaban J connectivity index is 1.41. The molecule has 4 aromatic rings. The minimum absolute atomic E-state index is 0.223. The van der Waals surface area contributed by atoms with Gasteiger partial charge in [-0.3, -0.25) is 19.2 Å². The number of aromatic amines is 1. The third-order valence-electron chi connectivity index (χ3n) is 14.6. The van der Waals surface area contributed by atoms with Gasteiger partial charge in [-0.2, -0.15) is 0 Å². The van der Waals surface area contributed by atoms with Crippen molar-refractivity contribution in [1.29, 1.82) is 0 Å². The number of ether oxygens (including phenoxy) is 1. The van der Waals surface area contributed by atoms with Gasteiger partial charge in [-0.25, -0.2) is 8.78 Å². The first kappa shape index (κ1) is 50.9. The van der Waals surface area contributed by atoms with E-state index >= 15 is 8.78 Å². The van der Waals surface area contributed by atoms with Crippen molar-refractivity contribution in [3.8, 4) is 11.4 Å². The van der Waals surface area contributed by atoms with Crippen LogP contribution in [0.3, 0.4) is 0 Å². The molecule has 18 heteroatoms. The van der Waals surface area contributed by atoms with Crippen LogP contribution in [0, 0.1) is 23.5 Å². The molecule has 372 valence electrons. The number of aliphatic hydroxyl groups is 3. The molecule has 16 nitrogen and oxygen atoms in total. The normalized spacial score (nSPS) is 25.1. The smallest absolute Gasteiger partial charge is 0.245 e. The number of halogens is 2. The number of hydrogen-bond donors (Lipinski definition) is 8. The molecule has 0 spiro atoms. The topological polar surface area (TPSA) is 214 Å². The highest BCUT2D eigenvalue weighted by Gasteiger charge is 2.46. The zero-order valence-electron chi connectivity index (χ0n) is 40.6. The molecule has 8 N–H and O–H groups in total. The highest BCUT2D eigenvalue weighted by molar-refractivity contribution is 5.98. The van der Waals surface area contributed by atoms with Crippen molar-refractivity contribution in [3.63, 3.8) is 0 Å². The molecule has 11 atom stereocenters. The molecule has 3 aliphatic rings. The average Bonchev–Trinajstić information content (AvgIpc) is 4.11. The predicted molar refractivity (Wildman–Crippen MR) is 254 cm³/mol. The SMILES string of the molecule is CN[C@@H](C)C(=O)NC(C(=O)N1CCC[C@H]1Cc1c(-c2c(C[C@@H]3CCCN3C(=O)[C@@H](NC(=O)[C@H](C)NC)C(C)C)c3ccc(F)cc3n2[C@H]2O[C@@H](C)[C@@H](O)[C@@H](O)C2O)[nH]c2cc(F)ccc12)C(C)C. The summed E-state index contributed by atoms with van der Waals surface area (Å²) in [4.78, 5) is 62.5. The van der Waals surface area contributed by atoms with Crippen molar-refractivity contribution in [2.24, 2.45) is 11.8 Å². The zero-order valence-corrected chi connectivity index (χ0v) is 40.6. The minimum atomic E-state index is -1.70. The Bertz CT molecular complexity index is 2490. The molecule has 3 fully saturated rings. The van der Waals surface area contributed by atoms with E-state index in [1.165, 1.54) is 24.3 Å². The van der Waals surface area contributed by atoms with Crippen LogP contribution in [-0.4, -0.2) is 146 Å². The van der Waals surface area contributed by atoms with Crippen molar-refractivity contribution in [2.45, 2.75) is 154 Å². The van der Waals surface area contributed by atoms with Crippen molar-refractivity contribution in [2.75, 3.05) is 27.2 Å². The lowest BCUT2D eigenvalue weighted by molar-refractivity contribution is -0.238. The molecule has 4 amide bonds. The first-order valence-corrected chi connectivity index (χ1v) is 24.2. The number of aromatic nitrogens is 2. The number of fused-ring (bicyclic) bond motifs is 2. The number of H-pyrrole nitrogens is 1. The number of rotatable bonds is 16. The van der Waals surface area contributed by atoms with E-state index in [4.69, 9.17) is 4.74 Å². The van der Waals surface area contributed by atoms with Gasteiger partial charge in [0, 0.05) is 41.5 Å². The Hall–Kier alpha value is -4.98. The standard InChI is InChI=1S/C50H70F2N8O8/c1-24(2)39(56-46(64)26(5)53-8)48(66)58-18-10-12-31(58)22-35-33-16-14-29(51)20-37(33)55-41(35)42-36(23-32-13-11-19-59(32)49(67)40(25(3)4)57-47(65)27(6)54-9)34-17-15-30(52)21-38(34)60(42)50-45(63)44(62)43(61)28(7)68-50/h14-17,20-21,24-28,31-32,39-40,43-45,50,53-55,61-63H,10-13,18-19,22-23H2,1-9H3,(H,56,64)(H,57,65)/t26-,27-,28-,31-,32-,39?,40-,43+,44+,45?,50-/m0/s1. The predicted octanol–water partition coefficient (Wildman–Crippen LogP) is 3.63. The van der Waals surface area contributed by atoms with Crippen LogP contribution in [0.2, 0.25) is 0 Å². The van der Waals surface area contributed by atoms with Crippen molar-refractivity contribution in [1.82, 2.24) is 40.6 Å². The summed E-state index contributed by atoms with van der Waals surface area (Å²) in [5, 5.41) is 47.0. The van der Waals surface area contributed by atoms with Gasteiger partial charge in [0.2, 0.25) is 23.6 Å². The Morgan fingerprint density at radius 3 is 1.74 bits per heavy atom. The summed E-state index contributed by atoms with van der Waals surface area (Å²) >= 11 is 0. The van der Waals surface area contributed by atoms with Crippen LogP contribution in [0.4, 0.5) is 8.78 Å². The van der Waals surface area contributed by atoms with E-state index < -0.39 is 72.5 Å². The molecule has 68 heavy (non-hydrogen) atoms. The fraction of sp³-hybridized carbons (Fsp3) is 0.600. The summed E-state index contributed by atoms with van der Waals surface area (Å²) in [6.07, 6.45) is -4.06. The summed E-state index contributed by atoms with van der Waals surface area (Å²) in [5.41, 5.74) is 2.99. The van der Waals surface area contributed by atoms with Crippen molar-refractivity contribution in [3.05, 3.63) is 59.2 Å². The Morgan fingerprint density at radius 1 is 0.721 bits per heavy atom. The number of carbonyl (C=O) groups is 4. The van der Waals surface area contributed by atoms with Gasteiger partial charge < -0.3 is 60.7 Å². The van der Waals surface area contributed by atoms with Crippen LogP contribution in [-0.2, 0) is 36.8 Å². The molecule has 0 bridgehead atoms. The highest BCUT2D eigenvalue weighted by Crippen LogP contribution is 2.45. The maximum atomic E-state index is 15.7. The number of aliphatic hydroxyl groups excluding tert-OH is 3. The van der Waals surface area contributed by atoms with Gasteiger partial charge in [-0.1, -0.05) is 27.7 Å². The zero-order chi connectivity index (χ0) is 49.5. The average molecular weight is 949 g/mol. The van der Waals surface area contributed by atoms with Crippen molar-refractivity contribution < 1.29 is 48.0 Å². The molecule has 2 unspecified atom stereocenters. The second-order valence-electron chi connectivity index (χ2n) is 19.8. The Labute approximate surface area is 396 Å². The summed E-state index contributed by atoms with van der Waals surface area (Å²) in [5.74, 6) is -2.65. The molecule has 3 saturated heterocycles. The third kappa shape index (κ3) is 9.90. The highest BCUT2D eigenvalue weighted by atomic mass is 19.1. The molecule has 5 heterocycles. The van der Waals surface area contributed by atoms with Gasteiger partial charge in [0.15, 0.2) is 6.23 Å². The molecular weight excluding hydrogens is 879 g/mol. The number of carbonyl (C=O) groups excluding carboxylic acids is 4. The number of nitrogens with zero attached hydrogens (tertiary/aromatic N) is 3. The number of nitrogens with one attached hydrogen (secondary N) is 5. The molecule has 2 aromatic heterocycles. The van der Waals surface area contributed by atoms with Crippen LogP contribution >= 0.6 is 0 Å². The number of benzene rings is 2. The summed E-state index contributed by atoms with van der Waals surface area (Å²) in [6, 6.07) is 5.22. The fourth-order valence-electron chi connectivity index (χ4n) is 10.3. The van der Waals surface area contributed by atoms with Gasteiger partial charge in [-0.15, -0.1) is 0 Å². The van der Waals surface area contributed by atoms with Crippen LogP contribution in [0.5, 0.6) is 0 Å². The van der Waals surface area contributed by atoms with E-state index in [9.17, 15) is 34.5 Å². The second kappa shape index (κ2) is 20.9. The molecular formula is C50H70F2N8O8. The maximum absolute atomic E-state index is 15.7. The van der Waals surface area contributed by atoms with Crippen LogP contribution in [0.1, 0.15) is 91.5 Å². The summed E-state index contributed by atoms with van der Waals surface area (Å²) in [6.45, 7) is 13.4. The quantitative estimate of drug-likeness (QED) is 0.0818. The second-order valence-corrected chi connectivity index (χ2v) is 19.8. The van der Waals surface area contributed by atoms with Gasteiger partial charge in [0.25, 0.3) is 0 Å². The third-order valence-corrected chi connectivity index (χ3v) is 14.6. The first-order valence-electron chi connectivity index (χ1n) is 24.2. The maximum Gasteiger partial charge on any atom is 0.245 e. The fourth-order valence-corrected chi connectivity index (χ4v) is 10.3. The van der Waals surface area contributed by atoms with E-state index in [0.717, 1.165) is 0 Å². The van der Waals surface area contributed by atoms with Crippen LogP contribution in [0.25, 0.3) is 33.2 Å². The van der Waals surface area contributed by atoms with E-state index in [0.29, 0.717) is 83.1 Å². The van der Waals surface area contributed by atoms with Crippen LogP contribution < -0.4 is 21.3 Å². The van der Waals surface area contributed by atoms with Gasteiger partial charge in [-0.05, 0) is 133 Å². The van der Waals surface area contributed by atoms with E-state index in [2.05, 4.69) is 26.3 Å². The first-order chi connectivity index (χ1) is 32.3. The lowest BCUT2D eigenvalue weighted by Gasteiger charge is -2.41. The summed E-state index contributed by atoms with van der Waals surface area (Å²) < 4.78 is 39.0. The molecule has 0 aliphatic carbocycles. The number of amides is 4. The number of likely N-dealkylation sites (N-methyl/N-ethyl adjacent to an activating group) is 2. The number of likely N-dealkylation sites (tertiary alicyclic amines) is 2.